The maximum absolute atomic E-state index is 13.0. The Bertz CT molecular complexity index is 1300. The van der Waals surface area contributed by atoms with Crippen LogP contribution in [0, 0.1) is 0 Å². The van der Waals surface area contributed by atoms with Gasteiger partial charge in [-0.1, -0.05) is 93.6 Å². The van der Waals surface area contributed by atoms with Crippen LogP contribution in [0.4, 0.5) is 4.79 Å². The van der Waals surface area contributed by atoms with Gasteiger partial charge in [-0.2, -0.15) is 0 Å². The van der Waals surface area contributed by atoms with E-state index < -0.39 is 18.1 Å². The molecule has 1 atom stereocenters. The number of carbonyl (C=O) groups is 2. The fourth-order valence-electron chi connectivity index (χ4n) is 3.98. The quantitative estimate of drug-likeness (QED) is 0.299. The van der Waals surface area contributed by atoms with Crippen LogP contribution >= 0.6 is 0 Å². The number of nitrogens with one attached hydrogen (secondary N) is 2. The van der Waals surface area contributed by atoms with Crippen molar-refractivity contribution in [3.63, 3.8) is 0 Å². The SMILES string of the molecule is CC(C)(C)c1ccc(COC(=O)NC(Cc2c[nH]c3ccccc23)C(=O)OCc2ccccc2)cc1. The van der Waals surface area contributed by atoms with Gasteiger partial charge < -0.3 is 19.8 Å². The third-order valence-corrected chi connectivity index (χ3v) is 6.09. The first-order valence-electron chi connectivity index (χ1n) is 12.1. The van der Waals surface area contributed by atoms with Crippen molar-refractivity contribution in [1.82, 2.24) is 10.3 Å². The molecule has 0 radical (unpaired) electrons. The predicted octanol–water partition coefficient (Wildman–Crippen LogP) is 6.05. The fraction of sp³-hybridized carbons (Fsp3) is 0.267. The van der Waals surface area contributed by atoms with Gasteiger partial charge in [0.25, 0.3) is 0 Å². The van der Waals surface area contributed by atoms with Crippen LogP contribution in [0.25, 0.3) is 10.9 Å². The van der Waals surface area contributed by atoms with Gasteiger partial charge in [0.05, 0.1) is 0 Å². The molecule has 0 spiro atoms. The van der Waals surface area contributed by atoms with Crippen molar-refractivity contribution in [2.75, 3.05) is 0 Å². The topological polar surface area (TPSA) is 80.4 Å². The third-order valence-electron chi connectivity index (χ3n) is 6.09. The van der Waals surface area contributed by atoms with Crippen LogP contribution in [0.5, 0.6) is 0 Å². The summed E-state index contributed by atoms with van der Waals surface area (Å²) in [5, 5.41) is 3.71. The highest BCUT2D eigenvalue weighted by Gasteiger charge is 2.25. The molecule has 0 aliphatic heterocycles. The van der Waals surface area contributed by atoms with Gasteiger partial charge in [0, 0.05) is 23.5 Å². The number of hydrogen-bond donors (Lipinski definition) is 2. The summed E-state index contributed by atoms with van der Waals surface area (Å²) < 4.78 is 11.0. The van der Waals surface area contributed by atoms with Crippen molar-refractivity contribution >= 4 is 23.0 Å². The zero-order valence-corrected chi connectivity index (χ0v) is 20.9. The molecule has 6 nitrogen and oxygen atoms in total. The van der Waals surface area contributed by atoms with Crippen LogP contribution < -0.4 is 5.32 Å². The summed E-state index contributed by atoms with van der Waals surface area (Å²) in [6, 6.07) is 24.3. The Morgan fingerprint density at radius 1 is 0.833 bits per heavy atom. The van der Waals surface area contributed by atoms with E-state index in [1.165, 1.54) is 5.56 Å². The smallest absolute Gasteiger partial charge is 0.408 e. The van der Waals surface area contributed by atoms with Gasteiger partial charge in [-0.25, -0.2) is 9.59 Å². The summed E-state index contributed by atoms with van der Waals surface area (Å²) in [5.74, 6) is -0.518. The van der Waals surface area contributed by atoms with Crippen molar-refractivity contribution in [2.45, 2.75) is 51.9 Å². The van der Waals surface area contributed by atoms with E-state index in [1.54, 1.807) is 0 Å². The number of ether oxygens (including phenoxy) is 2. The maximum Gasteiger partial charge on any atom is 0.408 e. The number of aromatic amines is 1. The van der Waals surface area contributed by atoms with Gasteiger partial charge in [0.2, 0.25) is 0 Å². The van der Waals surface area contributed by atoms with E-state index in [0.29, 0.717) is 0 Å². The Kier molecular flexibility index (Phi) is 7.74. The lowest BCUT2D eigenvalue weighted by atomic mass is 9.87. The molecule has 0 bridgehead atoms. The summed E-state index contributed by atoms with van der Waals surface area (Å²) in [6.07, 6.45) is 1.45. The minimum atomic E-state index is -0.899. The van der Waals surface area contributed by atoms with Gasteiger partial charge in [-0.05, 0) is 33.7 Å². The summed E-state index contributed by atoms with van der Waals surface area (Å²) in [7, 11) is 0. The first-order chi connectivity index (χ1) is 17.3. The summed E-state index contributed by atoms with van der Waals surface area (Å²) in [5.41, 5.74) is 4.87. The summed E-state index contributed by atoms with van der Waals surface area (Å²) in [4.78, 5) is 28.9. The van der Waals surface area contributed by atoms with E-state index in [1.807, 2.05) is 85.1 Å². The molecular formula is C30H32N2O4. The van der Waals surface area contributed by atoms with Crippen molar-refractivity contribution in [3.05, 3.63) is 107 Å². The molecule has 1 amide bonds. The maximum atomic E-state index is 13.0. The van der Waals surface area contributed by atoms with Crippen LogP contribution in [0.15, 0.2) is 85.1 Å². The largest absolute Gasteiger partial charge is 0.459 e. The van der Waals surface area contributed by atoms with Crippen LogP contribution in [0.1, 0.15) is 43.0 Å². The zero-order valence-electron chi connectivity index (χ0n) is 20.9. The van der Waals surface area contributed by atoms with Crippen molar-refractivity contribution in [2.24, 2.45) is 0 Å². The highest BCUT2D eigenvalue weighted by atomic mass is 16.6. The second kappa shape index (κ2) is 11.1. The first-order valence-corrected chi connectivity index (χ1v) is 12.1. The average molecular weight is 485 g/mol. The molecule has 1 unspecified atom stereocenters. The molecule has 36 heavy (non-hydrogen) atoms. The lowest BCUT2D eigenvalue weighted by Gasteiger charge is -2.19. The Morgan fingerprint density at radius 2 is 1.47 bits per heavy atom. The third kappa shape index (κ3) is 6.54. The Morgan fingerprint density at radius 3 is 2.19 bits per heavy atom. The second-order valence-electron chi connectivity index (χ2n) is 9.88. The molecular weight excluding hydrogens is 452 g/mol. The molecule has 186 valence electrons. The van der Waals surface area contributed by atoms with Gasteiger partial charge in [-0.15, -0.1) is 0 Å². The minimum absolute atomic E-state index is 0.0481. The Balaban J connectivity index is 1.42. The molecule has 1 heterocycles. The molecule has 0 aliphatic rings. The van der Waals surface area contributed by atoms with E-state index in [-0.39, 0.29) is 25.0 Å². The minimum Gasteiger partial charge on any atom is -0.459 e. The number of para-hydroxylation sites is 1. The summed E-state index contributed by atoms with van der Waals surface area (Å²) >= 11 is 0. The number of aromatic nitrogens is 1. The lowest BCUT2D eigenvalue weighted by molar-refractivity contribution is -0.147. The highest BCUT2D eigenvalue weighted by Crippen LogP contribution is 2.23. The monoisotopic (exact) mass is 484 g/mol. The standard InChI is InChI=1S/C30H32N2O4/c1-30(2,3)24-15-13-22(14-16-24)20-36-29(34)32-27(28(33)35-19-21-9-5-4-6-10-21)17-23-18-31-26-12-8-7-11-25(23)26/h4-16,18,27,31H,17,19-20H2,1-3H3,(H,32,34). The predicted molar refractivity (Wildman–Crippen MR) is 140 cm³/mol. The van der Waals surface area contributed by atoms with Crippen LogP contribution in [0.2, 0.25) is 0 Å². The fourth-order valence-corrected chi connectivity index (χ4v) is 3.98. The number of alkyl carbamates (subject to hydrolysis) is 1. The highest BCUT2D eigenvalue weighted by molar-refractivity contribution is 5.86. The van der Waals surface area contributed by atoms with E-state index in [0.717, 1.165) is 27.6 Å². The molecule has 4 aromatic rings. The number of rotatable bonds is 8. The second-order valence-corrected chi connectivity index (χ2v) is 9.88. The molecule has 4 rings (SSSR count). The van der Waals surface area contributed by atoms with Gasteiger partial charge >= 0.3 is 12.1 Å². The number of benzene rings is 3. The van der Waals surface area contributed by atoms with Crippen molar-refractivity contribution < 1.29 is 19.1 Å². The van der Waals surface area contributed by atoms with E-state index >= 15 is 0 Å². The van der Waals surface area contributed by atoms with Gasteiger partial charge in [-0.3, -0.25) is 0 Å². The number of hydrogen-bond acceptors (Lipinski definition) is 4. The molecule has 0 saturated heterocycles. The Labute approximate surface area is 211 Å². The van der Waals surface area contributed by atoms with Crippen molar-refractivity contribution in [3.8, 4) is 0 Å². The van der Waals surface area contributed by atoms with Crippen LogP contribution in [-0.4, -0.2) is 23.1 Å². The Hall–Kier alpha value is -4.06. The van der Waals surface area contributed by atoms with E-state index in [4.69, 9.17) is 9.47 Å². The van der Waals surface area contributed by atoms with Gasteiger partial charge in [0.1, 0.15) is 19.3 Å². The summed E-state index contributed by atoms with van der Waals surface area (Å²) in [6.45, 7) is 6.68. The van der Waals surface area contributed by atoms with Crippen LogP contribution in [-0.2, 0) is 39.3 Å². The first kappa shape index (κ1) is 25.0. The van der Waals surface area contributed by atoms with Gasteiger partial charge in [0.15, 0.2) is 0 Å². The average Bonchev–Trinajstić information content (AvgIpc) is 3.29. The number of amides is 1. The van der Waals surface area contributed by atoms with E-state index in [9.17, 15) is 9.59 Å². The molecule has 6 heteroatoms. The van der Waals surface area contributed by atoms with E-state index in [2.05, 4.69) is 31.1 Å². The molecule has 0 aliphatic carbocycles. The molecule has 2 N–H and O–H groups in total. The molecule has 1 aromatic heterocycles. The number of H-pyrrole nitrogens is 1. The zero-order chi connectivity index (χ0) is 25.5. The number of esters is 1. The molecule has 3 aromatic carbocycles. The number of fused-ring (bicyclic) bond motifs is 1. The molecule has 0 saturated carbocycles. The number of carbonyl (C=O) groups excluding carboxylic acids is 2. The van der Waals surface area contributed by atoms with Crippen LogP contribution in [0.3, 0.4) is 0 Å². The normalized spacial score (nSPS) is 12.2. The lowest BCUT2D eigenvalue weighted by Crippen LogP contribution is -2.43. The van der Waals surface area contributed by atoms with Crippen molar-refractivity contribution in [1.29, 1.82) is 0 Å². The molecule has 0 fully saturated rings.